The van der Waals surface area contributed by atoms with E-state index in [1.54, 1.807) is 24.3 Å². The summed E-state index contributed by atoms with van der Waals surface area (Å²) in [6, 6.07) is 10.2. The highest BCUT2D eigenvalue weighted by Crippen LogP contribution is 2.27. The zero-order valence-electron chi connectivity index (χ0n) is 17.2. The van der Waals surface area contributed by atoms with Crippen LogP contribution in [0, 0.1) is 17.6 Å². The Kier molecular flexibility index (Phi) is 7.97. The van der Waals surface area contributed by atoms with Crippen LogP contribution in [-0.4, -0.2) is 32.7 Å². The lowest BCUT2D eigenvalue weighted by Crippen LogP contribution is -2.32. The highest BCUT2D eigenvalue weighted by molar-refractivity contribution is 9.10. The van der Waals surface area contributed by atoms with Gasteiger partial charge in [-0.2, -0.15) is 0 Å². The molecule has 0 fully saturated rings. The van der Waals surface area contributed by atoms with E-state index in [4.69, 9.17) is 0 Å². The van der Waals surface area contributed by atoms with Crippen molar-refractivity contribution in [2.45, 2.75) is 25.0 Å². The van der Waals surface area contributed by atoms with Crippen LogP contribution in [0.3, 0.4) is 0 Å². The predicted molar refractivity (Wildman–Crippen MR) is 121 cm³/mol. The van der Waals surface area contributed by atoms with Crippen LogP contribution < -0.4 is 10.6 Å². The number of hydrogen-bond acceptors (Lipinski definition) is 5. The van der Waals surface area contributed by atoms with Crippen LogP contribution >= 0.6 is 27.7 Å². The summed E-state index contributed by atoms with van der Waals surface area (Å²) in [4.78, 5) is 29.1. The molecule has 0 aliphatic rings. The molecule has 11 heteroatoms. The quantitative estimate of drug-likeness (QED) is 0.371. The molecule has 0 bridgehead atoms. The molecule has 2 aromatic carbocycles. The molecule has 7 nitrogen and oxygen atoms in total. The first-order valence-corrected chi connectivity index (χ1v) is 11.4. The van der Waals surface area contributed by atoms with Crippen LogP contribution in [0.25, 0.3) is 0 Å². The van der Waals surface area contributed by atoms with Gasteiger partial charge in [-0.05, 0) is 40.0 Å². The third-order valence-electron chi connectivity index (χ3n) is 4.37. The summed E-state index contributed by atoms with van der Waals surface area (Å²) in [5.74, 6) is -2.00. The zero-order valence-corrected chi connectivity index (χ0v) is 19.6. The molecule has 3 rings (SSSR count). The van der Waals surface area contributed by atoms with E-state index in [2.05, 4.69) is 41.7 Å². The lowest BCUT2D eigenvalue weighted by atomic mass is 10.0. The van der Waals surface area contributed by atoms with Gasteiger partial charge >= 0.3 is 0 Å². The van der Waals surface area contributed by atoms with Crippen molar-refractivity contribution in [3.63, 3.8) is 0 Å². The Hall–Kier alpha value is -2.79. The van der Waals surface area contributed by atoms with E-state index >= 15 is 0 Å². The van der Waals surface area contributed by atoms with Gasteiger partial charge in [0, 0.05) is 16.1 Å². The molecule has 0 saturated heterocycles. The van der Waals surface area contributed by atoms with Crippen molar-refractivity contribution in [1.82, 2.24) is 20.5 Å². The third kappa shape index (κ3) is 6.13. The van der Waals surface area contributed by atoms with Crippen LogP contribution in [0.4, 0.5) is 14.5 Å². The third-order valence-corrected chi connectivity index (χ3v) is 5.84. The first-order chi connectivity index (χ1) is 15.2. The maximum Gasteiger partial charge on any atom is 0.251 e. The second kappa shape index (κ2) is 10.7. The monoisotopic (exact) mass is 523 g/mol. The number of carbonyl (C=O) groups is 2. The number of rotatable bonds is 8. The van der Waals surface area contributed by atoms with Crippen molar-refractivity contribution in [2.24, 2.45) is 5.92 Å². The summed E-state index contributed by atoms with van der Waals surface area (Å²) < 4.78 is 27.2. The number of aromatic nitrogens is 3. The maximum atomic E-state index is 13.9. The van der Waals surface area contributed by atoms with Crippen molar-refractivity contribution in [3.8, 4) is 0 Å². The molecule has 3 aromatic rings. The Balaban J connectivity index is 1.61. The Labute approximate surface area is 195 Å². The summed E-state index contributed by atoms with van der Waals surface area (Å²) in [6.45, 7) is 3.88. The zero-order chi connectivity index (χ0) is 23.3. The van der Waals surface area contributed by atoms with Gasteiger partial charge in [0.1, 0.15) is 11.6 Å². The van der Waals surface area contributed by atoms with E-state index in [1.165, 1.54) is 0 Å². The molecule has 1 atom stereocenters. The molecule has 168 valence electrons. The lowest BCUT2D eigenvalue weighted by molar-refractivity contribution is -0.113. The van der Waals surface area contributed by atoms with Gasteiger partial charge in [-0.25, -0.2) is 13.8 Å². The average molecular weight is 524 g/mol. The van der Waals surface area contributed by atoms with Crippen LogP contribution in [0.1, 0.15) is 36.1 Å². The summed E-state index contributed by atoms with van der Waals surface area (Å²) in [5.41, 5.74) is 0.388. The standard InChI is InChI=1S/C21H20BrF2N5O2S/c1-11(2)17(26-20(31)12-6-4-3-5-7-12)19-27-21(29-28-19)32-10-16(30)25-18-14(22)8-13(23)9-15(18)24/h3-9,11,17H,10H2,1-2H3,(H,25,30)(H,26,31)(H,27,28,29). The van der Waals surface area contributed by atoms with E-state index in [1.807, 2.05) is 19.9 Å². The van der Waals surface area contributed by atoms with Gasteiger partial charge in [-0.15, -0.1) is 5.10 Å². The van der Waals surface area contributed by atoms with Crippen LogP contribution in [0.15, 0.2) is 52.1 Å². The van der Waals surface area contributed by atoms with Gasteiger partial charge < -0.3 is 10.6 Å². The summed E-state index contributed by atoms with van der Waals surface area (Å²) in [7, 11) is 0. The van der Waals surface area contributed by atoms with Gasteiger partial charge in [0.2, 0.25) is 11.1 Å². The topological polar surface area (TPSA) is 99.8 Å². The molecule has 0 radical (unpaired) electrons. The molecular weight excluding hydrogens is 504 g/mol. The van der Waals surface area contributed by atoms with Crippen LogP contribution in [0.2, 0.25) is 0 Å². The fourth-order valence-electron chi connectivity index (χ4n) is 2.79. The smallest absolute Gasteiger partial charge is 0.251 e. The van der Waals surface area contributed by atoms with E-state index in [0.717, 1.165) is 17.8 Å². The normalized spacial score (nSPS) is 11.9. The first-order valence-electron chi connectivity index (χ1n) is 9.60. The highest BCUT2D eigenvalue weighted by atomic mass is 79.9. The minimum atomic E-state index is -0.885. The number of benzene rings is 2. The summed E-state index contributed by atoms with van der Waals surface area (Å²) in [5, 5.41) is 12.5. The van der Waals surface area contributed by atoms with Crippen LogP contribution in [-0.2, 0) is 4.79 Å². The average Bonchev–Trinajstić information content (AvgIpc) is 3.22. The predicted octanol–water partition coefficient (Wildman–Crippen LogP) is 4.70. The molecule has 1 aromatic heterocycles. The summed E-state index contributed by atoms with van der Waals surface area (Å²) >= 11 is 4.06. The number of aromatic amines is 1. The molecule has 0 aliphatic heterocycles. The van der Waals surface area contributed by atoms with Crippen molar-refractivity contribution >= 4 is 45.2 Å². The SMILES string of the molecule is CC(C)C(NC(=O)c1ccccc1)c1nc(SCC(=O)Nc2c(F)cc(F)cc2Br)n[nH]1. The van der Waals surface area contributed by atoms with Gasteiger partial charge in [0.25, 0.3) is 5.91 Å². The molecule has 32 heavy (non-hydrogen) atoms. The van der Waals surface area contributed by atoms with Crippen LogP contribution in [0.5, 0.6) is 0 Å². The molecule has 1 unspecified atom stereocenters. The fourth-order valence-corrected chi connectivity index (χ4v) is 3.91. The molecule has 1 heterocycles. The van der Waals surface area contributed by atoms with Crippen molar-refractivity contribution in [1.29, 1.82) is 0 Å². The number of thioether (sulfide) groups is 1. The molecule has 3 N–H and O–H groups in total. The van der Waals surface area contributed by atoms with Crippen molar-refractivity contribution in [2.75, 3.05) is 11.1 Å². The number of hydrogen-bond donors (Lipinski definition) is 3. The Morgan fingerprint density at radius 1 is 1.19 bits per heavy atom. The van der Waals surface area contributed by atoms with Gasteiger partial charge in [0.05, 0.1) is 17.5 Å². The molecular formula is C21H20BrF2N5O2S. The second-order valence-electron chi connectivity index (χ2n) is 7.15. The molecule has 0 spiro atoms. The first kappa shape index (κ1) is 23.9. The second-order valence-corrected chi connectivity index (χ2v) is 8.94. The van der Waals surface area contributed by atoms with E-state index in [0.29, 0.717) is 22.6 Å². The Bertz CT molecular complexity index is 1090. The minimum Gasteiger partial charge on any atom is -0.342 e. The van der Waals surface area contributed by atoms with Crippen molar-refractivity contribution < 1.29 is 18.4 Å². The van der Waals surface area contributed by atoms with E-state index in [9.17, 15) is 18.4 Å². The lowest BCUT2D eigenvalue weighted by Gasteiger charge is -2.19. The van der Waals surface area contributed by atoms with Gasteiger partial charge in [0.15, 0.2) is 5.82 Å². The number of carbonyl (C=O) groups excluding carboxylic acids is 2. The van der Waals surface area contributed by atoms with Gasteiger partial charge in [-0.1, -0.05) is 43.8 Å². The highest BCUT2D eigenvalue weighted by Gasteiger charge is 2.23. The molecule has 0 saturated carbocycles. The maximum absolute atomic E-state index is 13.9. The Morgan fingerprint density at radius 3 is 2.56 bits per heavy atom. The number of anilines is 1. The van der Waals surface area contributed by atoms with E-state index in [-0.39, 0.29) is 27.7 Å². The number of nitrogens with one attached hydrogen (secondary N) is 3. The van der Waals surface area contributed by atoms with E-state index < -0.39 is 23.6 Å². The number of nitrogens with zero attached hydrogens (tertiary/aromatic N) is 2. The largest absolute Gasteiger partial charge is 0.342 e. The summed E-state index contributed by atoms with van der Waals surface area (Å²) in [6.07, 6.45) is 0. The Morgan fingerprint density at radius 2 is 1.91 bits per heavy atom. The number of halogens is 3. The molecule has 2 amide bonds. The fraction of sp³-hybridized carbons (Fsp3) is 0.238. The van der Waals surface area contributed by atoms with Gasteiger partial charge in [-0.3, -0.25) is 14.7 Å². The number of H-pyrrole nitrogens is 1. The number of amides is 2. The molecule has 0 aliphatic carbocycles. The minimum absolute atomic E-state index is 0.0237. The van der Waals surface area contributed by atoms with Crippen molar-refractivity contribution in [3.05, 3.63) is 70.0 Å².